The topological polar surface area (TPSA) is 72.6 Å². The van der Waals surface area contributed by atoms with Crippen LogP contribution in [0.3, 0.4) is 0 Å². The number of non-ortho nitro benzene ring substituents is 1. The Hall–Kier alpha value is -2.04. The second-order valence-corrected chi connectivity index (χ2v) is 4.76. The minimum absolute atomic E-state index is 0.0179. The fraction of sp³-hybridized carbons (Fsp3) is 0.429. The summed E-state index contributed by atoms with van der Waals surface area (Å²) >= 11 is 0. The first-order valence-electron chi connectivity index (χ1n) is 6.47. The van der Waals surface area contributed by atoms with Crippen molar-refractivity contribution in [3.05, 3.63) is 39.4 Å². The average molecular weight is 260 g/mol. The lowest BCUT2D eigenvalue weighted by molar-refractivity contribution is -0.384. The first-order valence-corrected chi connectivity index (χ1v) is 6.47. The predicted molar refractivity (Wildman–Crippen MR) is 73.0 cm³/mol. The third-order valence-corrected chi connectivity index (χ3v) is 3.41. The highest BCUT2D eigenvalue weighted by Crippen LogP contribution is 2.21. The van der Waals surface area contributed by atoms with E-state index in [0.29, 0.717) is 17.4 Å². The van der Waals surface area contributed by atoms with Crippen molar-refractivity contribution in [3.63, 3.8) is 0 Å². The molecular formula is C14H16N2O3. The highest BCUT2D eigenvalue weighted by atomic mass is 16.6. The van der Waals surface area contributed by atoms with Gasteiger partial charge in [-0.05, 0) is 18.9 Å². The molecule has 0 amide bonds. The van der Waals surface area contributed by atoms with Crippen molar-refractivity contribution < 1.29 is 9.72 Å². The van der Waals surface area contributed by atoms with Gasteiger partial charge in [-0.2, -0.15) is 0 Å². The van der Waals surface area contributed by atoms with Crippen LogP contribution in [0.15, 0.2) is 23.2 Å². The van der Waals surface area contributed by atoms with E-state index in [9.17, 15) is 14.9 Å². The molecule has 5 nitrogen and oxygen atoms in total. The first-order chi connectivity index (χ1) is 9.20. The molecule has 5 heteroatoms. The van der Waals surface area contributed by atoms with Crippen molar-refractivity contribution in [3.8, 4) is 0 Å². The number of hydrogen-bond donors (Lipinski definition) is 0. The van der Waals surface area contributed by atoms with Gasteiger partial charge in [0.2, 0.25) is 0 Å². The molecule has 0 N–H and O–H groups in total. The predicted octanol–water partition coefficient (Wildman–Crippen LogP) is 3.16. The van der Waals surface area contributed by atoms with Crippen LogP contribution in [0.25, 0.3) is 0 Å². The number of hydrogen-bond acceptors (Lipinski definition) is 4. The van der Waals surface area contributed by atoms with Gasteiger partial charge in [0, 0.05) is 35.5 Å². The molecule has 0 radical (unpaired) electrons. The van der Waals surface area contributed by atoms with Crippen LogP contribution in [0.1, 0.15) is 48.0 Å². The van der Waals surface area contributed by atoms with Crippen molar-refractivity contribution in [1.29, 1.82) is 0 Å². The quantitative estimate of drug-likeness (QED) is 0.361. The van der Waals surface area contributed by atoms with Crippen LogP contribution in [-0.4, -0.2) is 23.5 Å². The summed E-state index contributed by atoms with van der Waals surface area (Å²) < 4.78 is 0. The van der Waals surface area contributed by atoms with Crippen molar-refractivity contribution in [1.82, 2.24) is 0 Å². The number of aliphatic imine (C=N–C) groups is 1. The monoisotopic (exact) mass is 260 g/mol. The lowest BCUT2D eigenvalue weighted by Gasteiger charge is -2.17. The summed E-state index contributed by atoms with van der Waals surface area (Å²) in [6.45, 7) is 0. The van der Waals surface area contributed by atoms with E-state index in [1.54, 1.807) is 6.21 Å². The van der Waals surface area contributed by atoms with Crippen LogP contribution in [0, 0.1) is 10.1 Å². The maximum absolute atomic E-state index is 10.9. The van der Waals surface area contributed by atoms with E-state index in [1.165, 1.54) is 37.5 Å². The fourth-order valence-corrected chi connectivity index (χ4v) is 2.31. The number of rotatable bonds is 4. The van der Waals surface area contributed by atoms with Gasteiger partial charge in [0.05, 0.1) is 4.92 Å². The molecule has 0 spiro atoms. The molecule has 100 valence electrons. The van der Waals surface area contributed by atoms with Gasteiger partial charge >= 0.3 is 0 Å². The molecule has 1 fully saturated rings. The van der Waals surface area contributed by atoms with E-state index in [-0.39, 0.29) is 11.7 Å². The number of carbonyl (C=O) groups is 1. The maximum atomic E-state index is 10.9. The molecule has 1 aliphatic carbocycles. The highest BCUT2D eigenvalue weighted by molar-refractivity contribution is 5.93. The summed E-state index contributed by atoms with van der Waals surface area (Å²) in [6.07, 6.45) is 8.03. The Morgan fingerprint density at radius 2 is 1.95 bits per heavy atom. The molecule has 0 saturated heterocycles. The third-order valence-electron chi connectivity index (χ3n) is 3.41. The number of nitrogens with zero attached hydrogens (tertiary/aromatic N) is 2. The number of carbonyl (C=O) groups excluding carboxylic acids is 1. The molecule has 19 heavy (non-hydrogen) atoms. The van der Waals surface area contributed by atoms with Crippen LogP contribution in [0.2, 0.25) is 0 Å². The largest absolute Gasteiger partial charge is 0.298 e. The van der Waals surface area contributed by atoms with Crippen LogP contribution < -0.4 is 0 Å². The van der Waals surface area contributed by atoms with Crippen molar-refractivity contribution in [2.24, 2.45) is 4.99 Å². The molecule has 1 saturated carbocycles. The number of benzene rings is 1. The average Bonchev–Trinajstić information content (AvgIpc) is 2.45. The Labute approximate surface area is 111 Å². The molecule has 0 bridgehead atoms. The molecule has 0 heterocycles. The van der Waals surface area contributed by atoms with Gasteiger partial charge in [-0.3, -0.25) is 19.9 Å². The van der Waals surface area contributed by atoms with Crippen LogP contribution in [0.4, 0.5) is 5.69 Å². The van der Waals surface area contributed by atoms with Gasteiger partial charge in [-0.1, -0.05) is 19.3 Å². The summed E-state index contributed by atoms with van der Waals surface area (Å²) in [6, 6.07) is 4.48. The summed E-state index contributed by atoms with van der Waals surface area (Å²) in [4.78, 5) is 25.6. The van der Waals surface area contributed by atoms with Gasteiger partial charge < -0.3 is 0 Å². The SMILES string of the molecule is O=Cc1ccc([N+](=O)[O-])cc1C=NC1CCCCC1. The van der Waals surface area contributed by atoms with Gasteiger partial charge in [-0.15, -0.1) is 0 Å². The fourth-order valence-electron chi connectivity index (χ4n) is 2.31. The summed E-state index contributed by atoms with van der Waals surface area (Å²) in [7, 11) is 0. The normalized spacial score (nSPS) is 16.6. The van der Waals surface area contributed by atoms with Crippen molar-refractivity contribution in [2.45, 2.75) is 38.1 Å². The number of nitro benzene ring substituents is 1. The zero-order chi connectivity index (χ0) is 13.7. The Balaban J connectivity index is 2.21. The van der Waals surface area contributed by atoms with Gasteiger partial charge in [-0.25, -0.2) is 0 Å². The van der Waals surface area contributed by atoms with Crippen LogP contribution in [-0.2, 0) is 0 Å². The minimum atomic E-state index is -0.466. The van der Waals surface area contributed by atoms with Gasteiger partial charge in [0.15, 0.2) is 6.29 Å². The zero-order valence-electron chi connectivity index (χ0n) is 10.6. The smallest absolute Gasteiger partial charge is 0.270 e. The molecule has 0 aliphatic heterocycles. The molecule has 0 aromatic heterocycles. The Morgan fingerprint density at radius 1 is 1.21 bits per heavy atom. The lowest BCUT2D eigenvalue weighted by atomic mass is 9.96. The van der Waals surface area contributed by atoms with Crippen LogP contribution in [0.5, 0.6) is 0 Å². The molecule has 0 atom stereocenters. The van der Waals surface area contributed by atoms with E-state index in [2.05, 4.69) is 4.99 Å². The molecule has 1 aliphatic rings. The molecule has 1 aromatic rings. The molecule has 1 aromatic carbocycles. The summed E-state index contributed by atoms with van der Waals surface area (Å²) in [5.41, 5.74) is 0.940. The number of nitro groups is 1. The lowest BCUT2D eigenvalue weighted by Crippen LogP contribution is -2.10. The van der Waals surface area contributed by atoms with E-state index in [0.717, 1.165) is 12.8 Å². The first kappa shape index (κ1) is 13.4. The second-order valence-electron chi connectivity index (χ2n) is 4.76. The maximum Gasteiger partial charge on any atom is 0.270 e. The van der Waals surface area contributed by atoms with Crippen LogP contribution >= 0.6 is 0 Å². The van der Waals surface area contributed by atoms with Gasteiger partial charge in [0.1, 0.15) is 0 Å². The van der Waals surface area contributed by atoms with Crippen molar-refractivity contribution >= 4 is 18.2 Å². The Kier molecular flexibility index (Phi) is 4.39. The standard InChI is InChI=1S/C14H16N2O3/c17-10-11-6-7-14(16(18)19)8-12(11)9-15-13-4-2-1-3-5-13/h6-10,13H,1-5H2. The van der Waals surface area contributed by atoms with E-state index >= 15 is 0 Å². The Bertz CT molecular complexity index is 505. The van der Waals surface area contributed by atoms with E-state index in [1.807, 2.05) is 0 Å². The summed E-state index contributed by atoms with van der Waals surface area (Å²) in [5.74, 6) is 0. The molecule has 0 unspecified atom stereocenters. The van der Waals surface area contributed by atoms with E-state index < -0.39 is 4.92 Å². The third kappa shape index (κ3) is 3.47. The number of aldehydes is 1. The van der Waals surface area contributed by atoms with Crippen molar-refractivity contribution in [2.75, 3.05) is 0 Å². The van der Waals surface area contributed by atoms with E-state index in [4.69, 9.17) is 0 Å². The Morgan fingerprint density at radius 3 is 2.58 bits per heavy atom. The minimum Gasteiger partial charge on any atom is -0.298 e. The summed E-state index contributed by atoms with van der Waals surface area (Å²) in [5, 5.41) is 10.7. The molecular weight excluding hydrogens is 244 g/mol. The second kappa shape index (κ2) is 6.22. The zero-order valence-corrected chi connectivity index (χ0v) is 10.6. The van der Waals surface area contributed by atoms with Gasteiger partial charge in [0.25, 0.3) is 5.69 Å². The highest BCUT2D eigenvalue weighted by Gasteiger charge is 2.12. The molecule has 2 rings (SSSR count).